The highest BCUT2D eigenvalue weighted by Crippen LogP contribution is 2.31. The molecule has 0 radical (unpaired) electrons. The Kier molecular flexibility index (Phi) is 10.0. The van der Waals surface area contributed by atoms with Gasteiger partial charge in [-0.2, -0.15) is 0 Å². The van der Waals surface area contributed by atoms with E-state index in [4.69, 9.17) is 4.74 Å². The first-order valence-electron chi connectivity index (χ1n) is 6.94. The molecule has 0 aromatic carbocycles. The van der Waals surface area contributed by atoms with E-state index in [1.54, 1.807) is 0 Å². The lowest BCUT2D eigenvalue weighted by Crippen LogP contribution is -2.38. The topological polar surface area (TPSA) is 21.3 Å². The Balaban J connectivity index is 4.32. The maximum absolute atomic E-state index is 5.46. The molecule has 0 aliphatic heterocycles. The zero-order valence-electron chi connectivity index (χ0n) is 11.8. The van der Waals surface area contributed by atoms with Crippen LogP contribution in [0, 0.1) is 5.41 Å². The monoisotopic (exact) mass is 229 g/mol. The van der Waals surface area contributed by atoms with Gasteiger partial charge in [-0.1, -0.05) is 46.5 Å². The molecule has 0 spiro atoms. The smallest absolute Gasteiger partial charge is 0.0530 e. The van der Waals surface area contributed by atoms with E-state index >= 15 is 0 Å². The molecule has 0 saturated heterocycles. The number of hydrogen-bond acceptors (Lipinski definition) is 2. The summed E-state index contributed by atoms with van der Waals surface area (Å²) in [5.41, 5.74) is 0.372. The van der Waals surface area contributed by atoms with Gasteiger partial charge >= 0.3 is 0 Å². The second kappa shape index (κ2) is 10.1. The van der Waals surface area contributed by atoms with Gasteiger partial charge in [0.1, 0.15) is 0 Å². The summed E-state index contributed by atoms with van der Waals surface area (Å²) in [4.78, 5) is 0. The van der Waals surface area contributed by atoms with Gasteiger partial charge in [0.05, 0.1) is 6.61 Å². The van der Waals surface area contributed by atoms with Gasteiger partial charge in [-0.05, 0) is 19.4 Å². The van der Waals surface area contributed by atoms with Crippen molar-refractivity contribution in [3.8, 4) is 0 Å². The number of hydrogen-bond donors (Lipinski definition) is 1. The fourth-order valence-electron chi connectivity index (χ4n) is 2.30. The zero-order valence-corrected chi connectivity index (χ0v) is 11.8. The van der Waals surface area contributed by atoms with Crippen molar-refractivity contribution in [3.05, 3.63) is 0 Å². The maximum Gasteiger partial charge on any atom is 0.0530 e. The third-order valence-electron chi connectivity index (χ3n) is 3.32. The third-order valence-corrected chi connectivity index (χ3v) is 3.32. The summed E-state index contributed by atoms with van der Waals surface area (Å²) in [7, 11) is 1.83. The van der Waals surface area contributed by atoms with E-state index < -0.39 is 0 Å². The maximum atomic E-state index is 5.46. The molecule has 1 N–H and O–H groups in total. The molecule has 0 rings (SSSR count). The van der Waals surface area contributed by atoms with Crippen molar-refractivity contribution in [1.82, 2.24) is 5.32 Å². The predicted octanol–water partition coefficient (Wildman–Crippen LogP) is 3.61. The summed E-state index contributed by atoms with van der Waals surface area (Å²) < 4.78 is 5.46. The van der Waals surface area contributed by atoms with Crippen LogP contribution >= 0.6 is 0 Å². The van der Waals surface area contributed by atoms with Crippen LogP contribution in [-0.2, 0) is 4.74 Å². The first kappa shape index (κ1) is 15.9. The van der Waals surface area contributed by atoms with Crippen LogP contribution in [-0.4, -0.2) is 26.8 Å². The number of methoxy groups -OCH3 is 1. The van der Waals surface area contributed by atoms with Crippen LogP contribution in [0.2, 0.25) is 0 Å². The third kappa shape index (κ3) is 6.49. The average Bonchev–Trinajstić information content (AvgIpc) is 2.31. The SMILES string of the molecule is CCCCC(CCCC)(CNCC)COC. The Morgan fingerprint density at radius 2 is 1.56 bits per heavy atom. The second-order valence-corrected chi connectivity index (χ2v) is 4.92. The molecule has 0 unspecified atom stereocenters. The van der Waals surface area contributed by atoms with E-state index in [2.05, 4.69) is 26.1 Å². The lowest BCUT2D eigenvalue weighted by molar-refractivity contribution is 0.0610. The molecule has 0 aromatic rings. The molecule has 16 heavy (non-hydrogen) atoms. The van der Waals surface area contributed by atoms with Gasteiger partial charge in [0.25, 0.3) is 0 Å². The van der Waals surface area contributed by atoms with Crippen LogP contribution in [0.15, 0.2) is 0 Å². The quantitative estimate of drug-likeness (QED) is 0.584. The Morgan fingerprint density at radius 3 is 1.94 bits per heavy atom. The zero-order chi connectivity index (χ0) is 12.3. The summed E-state index contributed by atoms with van der Waals surface area (Å²) in [6.45, 7) is 9.79. The van der Waals surface area contributed by atoms with E-state index in [1.165, 1.54) is 38.5 Å². The highest BCUT2D eigenvalue weighted by atomic mass is 16.5. The van der Waals surface area contributed by atoms with Crippen LogP contribution in [0.3, 0.4) is 0 Å². The van der Waals surface area contributed by atoms with Crippen molar-refractivity contribution in [2.24, 2.45) is 5.41 Å². The Labute approximate surface area is 102 Å². The molecule has 0 amide bonds. The number of rotatable bonds is 11. The van der Waals surface area contributed by atoms with Crippen molar-refractivity contribution in [2.45, 2.75) is 59.3 Å². The number of ether oxygens (including phenoxy) is 1. The van der Waals surface area contributed by atoms with Gasteiger partial charge in [-0.15, -0.1) is 0 Å². The molecule has 0 aliphatic rings. The largest absolute Gasteiger partial charge is 0.384 e. The lowest BCUT2D eigenvalue weighted by atomic mass is 9.78. The minimum atomic E-state index is 0.372. The Hall–Kier alpha value is -0.0800. The van der Waals surface area contributed by atoms with Gasteiger partial charge in [-0.25, -0.2) is 0 Å². The van der Waals surface area contributed by atoms with Gasteiger partial charge < -0.3 is 10.1 Å². The number of unbranched alkanes of at least 4 members (excludes halogenated alkanes) is 2. The molecule has 0 fully saturated rings. The van der Waals surface area contributed by atoms with Crippen LogP contribution in [0.25, 0.3) is 0 Å². The fraction of sp³-hybridized carbons (Fsp3) is 1.00. The lowest BCUT2D eigenvalue weighted by Gasteiger charge is -2.33. The van der Waals surface area contributed by atoms with Crippen molar-refractivity contribution >= 4 is 0 Å². The molecular formula is C14H31NO. The number of nitrogens with one attached hydrogen (secondary N) is 1. The summed E-state index contributed by atoms with van der Waals surface area (Å²) >= 11 is 0. The second-order valence-electron chi connectivity index (χ2n) is 4.92. The van der Waals surface area contributed by atoms with Gasteiger partial charge in [-0.3, -0.25) is 0 Å². The Bertz CT molecular complexity index is 126. The molecule has 0 aliphatic carbocycles. The molecule has 2 nitrogen and oxygen atoms in total. The van der Waals surface area contributed by atoms with Gasteiger partial charge in [0.2, 0.25) is 0 Å². The highest BCUT2D eigenvalue weighted by molar-refractivity contribution is 4.81. The predicted molar refractivity (Wildman–Crippen MR) is 71.9 cm³/mol. The van der Waals surface area contributed by atoms with E-state index in [-0.39, 0.29) is 0 Å². The summed E-state index contributed by atoms with van der Waals surface area (Å²) in [5.74, 6) is 0. The molecule has 0 aromatic heterocycles. The van der Waals surface area contributed by atoms with Crippen LogP contribution in [0.4, 0.5) is 0 Å². The molecule has 0 heterocycles. The standard InChI is InChI=1S/C14H31NO/c1-5-8-10-14(13-16-4,11-9-6-2)12-15-7-3/h15H,5-13H2,1-4H3. The first-order chi connectivity index (χ1) is 7.74. The molecule has 0 atom stereocenters. The van der Waals surface area contributed by atoms with Crippen LogP contribution in [0.5, 0.6) is 0 Å². The average molecular weight is 229 g/mol. The van der Waals surface area contributed by atoms with Crippen molar-refractivity contribution in [1.29, 1.82) is 0 Å². The first-order valence-corrected chi connectivity index (χ1v) is 6.94. The van der Waals surface area contributed by atoms with E-state index in [9.17, 15) is 0 Å². The Morgan fingerprint density at radius 1 is 1.00 bits per heavy atom. The van der Waals surface area contributed by atoms with Gasteiger partial charge in [0.15, 0.2) is 0 Å². The fourth-order valence-corrected chi connectivity index (χ4v) is 2.30. The summed E-state index contributed by atoms with van der Waals surface area (Å²) in [6, 6.07) is 0. The van der Waals surface area contributed by atoms with Crippen molar-refractivity contribution < 1.29 is 4.74 Å². The van der Waals surface area contributed by atoms with Crippen LogP contribution < -0.4 is 5.32 Å². The van der Waals surface area contributed by atoms with Crippen molar-refractivity contribution in [3.63, 3.8) is 0 Å². The molecule has 2 heteroatoms. The minimum absolute atomic E-state index is 0.372. The molecule has 0 saturated carbocycles. The van der Waals surface area contributed by atoms with E-state index in [0.29, 0.717) is 5.41 Å². The van der Waals surface area contributed by atoms with E-state index in [0.717, 1.165) is 19.7 Å². The minimum Gasteiger partial charge on any atom is -0.384 e. The highest BCUT2D eigenvalue weighted by Gasteiger charge is 2.28. The van der Waals surface area contributed by atoms with Crippen LogP contribution in [0.1, 0.15) is 59.3 Å². The molecule has 0 bridgehead atoms. The van der Waals surface area contributed by atoms with Gasteiger partial charge in [0, 0.05) is 19.1 Å². The normalized spacial score (nSPS) is 12.0. The molecule has 98 valence electrons. The molecular weight excluding hydrogens is 198 g/mol. The van der Waals surface area contributed by atoms with E-state index in [1.807, 2.05) is 7.11 Å². The summed E-state index contributed by atoms with van der Waals surface area (Å²) in [5, 5.41) is 3.51. The van der Waals surface area contributed by atoms with Crippen molar-refractivity contribution in [2.75, 3.05) is 26.8 Å². The summed E-state index contributed by atoms with van der Waals surface area (Å²) in [6.07, 6.45) is 7.79.